The van der Waals surface area contributed by atoms with E-state index >= 15 is 0 Å². The highest BCUT2D eigenvalue weighted by Crippen LogP contribution is 2.32. The van der Waals surface area contributed by atoms with E-state index in [9.17, 15) is 0 Å². The van der Waals surface area contributed by atoms with Crippen molar-refractivity contribution in [3.8, 4) is 5.75 Å². The fourth-order valence-corrected chi connectivity index (χ4v) is 2.71. The second-order valence-corrected chi connectivity index (χ2v) is 5.08. The van der Waals surface area contributed by atoms with Gasteiger partial charge in [-0.25, -0.2) is 0 Å². The number of benzene rings is 1. The lowest BCUT2D eigenvalue weighted by Gasteiger charge is -2.08. The van der Waals surface area contributed by atoms with Gasteiger partial charge in [-0.3, -0.25) is 4.98 Å². The first-order valence-electron chi connectivity index (χ1n) is 5.35. The third-order valence-electron chi connectivity index (χ3n) is 2.46. The first-order chi connectivity index (χ1) is 8.70. The lowest BCUT2D eigenvalue weighted by molar-refractivity contribution is 0.414. The summed E-state index contributed by atoms with van der Waals surface area (Å²) in [6.45, 7) is 0. The predicted molar refractivity (Wildman–Crippen MR) is 76.2 cm³/mol. The zero-order chi connectivity index (χ0) is 13.0. The summed E-state index contributed by atoms with van der Waals surface area (Å²) < 4.78 is 5.18. The molecule has 0 saturated carbocycles. The van der Waals surface area contributed by atoms with Gasteiger partial charge in [0, 0.05) is 28.7 Å². The van der Waals surface area contributed by atoms with Crippen molar-refractivity contribution >= 4 is 29.1 Å². The summed E-state index contributed by atoms with van der Waals surface area (Å²) in [5.74, 6) is 1.55. The standard InChI is InChI=1S/C13H13ClN2OS/c1-17-10-2-3-12(15)13(6-10)18-8-9-4-5-16-7-11(9)14/h2-7H,8,15H2,1H3. The summed E-state index contributed by atoms with van der Waals surface area (Å²) in [6.07, 6.45) is 3.38. The highest BCUT2D eigenvalue weighted by atomic mass is 35.5. The van der Waals surface area contributed by atoms with Crippen molar-refractivity contribution in [1.82, 2.24) is 4.98 Å². The number of methoxy groups -OCH3 is 1. The highest BCUT2D eigenvalue weighted by Gasteiger charge is 2.05. The Morgan fingerprint density at radius 3 is 2.94 bits per heavy atom. The molecule has 0 radical (unpaired) electrons. The number of hydrogen-bond donors (Lipinski definition) is 1. The van der Waals surface area contributed by atoms with Crippen LogP contribution in [0.3, 0.4) is 0 Å². The molecule has 0 aliphatic carbocycles. The number of nitrogens with zero attached hydrogens (tertiary/aromatic N) is 1. The minimum Gasteiger partial charge on any atom is -0.497 e. The predicted octanol–water partition coefficient (Wildman–Crippen LogP) is 3.62. The van der Waals surface area contributed by atoms with E-state index in [4.69, 9.17) is 22.1 Å². The summed E-state index contributed by atoms with van der Waals surface area (Å²) in [7, 11) is 1.64. The molecular formula is C13H13ClN2OS. The average molecular weight is 281 g/mol. The summed E-state index contributed by atoms with van der Waals surface area (Å²) in [5.41, 5.74) is 7.71. The molecule has 0 bridgehead atoms. The van der Waals surface area contributed by atoms with Crippen LogP contribution in [0.15, 0.2) is 41.6 Å². The smallest absolute Gasteiger partial charge is 0.120 e. The molecule has 0 saturated heterocycles. The number of anilines is 1. The average Bonchev–Trinajstić information content (AvgIpc) is 2.39. The molecule has 2 N–H and O–H groups in total. The molecule has 0 aliphatic heterocycles. The van der Waals surface area contributed by atoms with Crippen LogP contribution in [-0.2, 0) is 5.75 Å². The van der Waals surface area contributed by atoms with Gasteiger partial charge in [-0.2, -0.15) is 0 Å². The molecule has 0 amide bonds. The Labute approximate surface area is 115 Å². The number of ether oxygens (including phenoxy) is 1. The van der Waals surface area contributed by atoms with Gasteiger partial charge in [-0.1, -0.05) is 11.6 Å². The van der Waals surface area contributed by atoms with Gasteiger partial charge >= 0.3 is 0 Å². The molecule has 0 spiro atoms. The van der Waals surface area contributed by atoms with Crippen molar-refractivity contribution in [2.75, 3.05) is 12.8 Å². The van der Waals surface area contributed by atoms with E-state index in [0.29, 0.717) is 5.02 Å². The van der Waals surface area contributed by atoms with Crippen LogP contribution in [0.1, 0.15) is 5.56 Å². The molecular weight excluding hydrogens is 268 g/mol. The molecule has 2 rings (SSSR count). The maximum Gasteiger partial charge on any atom is 0.120 e. The van der Waals surface area contributed by atoms with Crippen molar-refractivity contribution in [3.05, 3.63) is 47.2 Å². The number of nitrogen functional groups attached to an aromatic ring is 1. The molecule has 5 heteroatoms. The normalized spacial score (nSPS) is 10.3. The van der Waals surface area contributed by atoms with Crippen molar-refractivity contribution in [2.45, 2.75) is 10.6 Å². The lowest BCUT2D eigenvalue weighted by Crippen LogP contribution is -1.91. The van der Waals surface area contributed by atoms with E-state index in [2.05, 4.69) is 4.98 Å². The summed E-state index contributed by atoms with van der Waals surface area (Å²) in [6, 6.07) is 7.52. The minimum absolute atomic E-state index is 0.673. The first kappa shape index (κ1) is 13.1. The minimum atomic E-state index is 0.673. The molecule has 2 aromatic rings. The Balaban J connectivity index is 2.13. The Kier molecular flexibility index (Phi) is 4.33. The SMILES string of the molecule is COc1ccc(N)c(SCc2ccncc2Cl)c1. The third-order valence-corrected chi connectivity index (χ3v) is 3.92. The number of aromatic nitrogens is 1. The van der Waals surface area contributed by atoms with Crippen LogP contribution in [0.25, 0.3) is 0 Å². The lowest BCUT2D eigenvalue weighted by atomic mass is 10.3. The maximum atomic E-state index is 6.06. The van der Waals surface area contributed by atoms with E-state index in [1.54, 1.807) is 31.3 Å². The van der Waals surface area contributed by atoms with Crippen LogP contribution >= 0.6 is 23.4 Å². The molecule has 0 aliphatic rings. The van der Waals surface area contributed by atoms with E-state index in [1.165, 1.54) is 0 Å². The molecule has 18 heavy (non-hydrogen) atoms. The third kappa shape index (κ3) is 3.09. The van der Waals surface area contributed by atoms with E-state index in [1.807, 2.05) is 24.3 Å². The monoisotopic (exact) mass is 280 g/mol. The first-order valence-corrected chi connectivity index (χ1v) is 6.72. The molecule has 1 aromatic heterocycles. The zero-order valence-electron chi connectivity index (χ0n) is 9.89. The summed E-state index contributed by atoms with van der Waals surface area (Å²) >= 11 is 7.68. The van der Waals surface area contributed by atoms with E-state index in [-0.39, 0.29) is 0 Å². The number of thioether (sulfide) groups is 1. The fraction of sp³-hybridized carbons (Fsp3) is 0.154. The van der Waals surface area contributed by atoms with Crippen LogP contribution < -0.4 is 10.5 Å². The van der Waals surface area contributed by atoms with Gasteiger partial charge in [0.1, 0.15) is 5.75 Å². The Morgan fingerprint density at radius 1 is 1.39 bits per heavy atom. The van der Waals surface area contributed by atoms with Crippen LogP contribution in [-0.4, -0.2) is 12.1 Å². The Morgan fingerprint density at radius 2 is 2.22 bits per heavy atom. The molecule has 0 unspecified atom stereocenters. The quantitative estimate of drug-likeness (QED) is 0.686. The number of pyridine rings is 1. The number of halogens is 1. The maximum absolute atomic E-state index is 6.06. The van der Waals surface area contributed by atoms with Gasteiger partial charge in [0.2, 0.25) is 0 Å². The number of rotatable bonds is 4. The number of nitrogens with two attached hydrogens (primary N) is 1. The number of hydrogen-bond acceptors (Lipinski definition) is 4. The molecule has 0 fully saturated rings. The van der Waals surface area contributed by atoms with Gasteiger partial charge in [0.25, 0.3) is 0 Å². The Hall–Kier alpha value is -1.39. The topological polar surface area (TPSA) is 48.1 Å². The molecule has 3 nitrogen and oxygen atoms in total. The molecule has 94 valence electrons. The second-order valence-electron chi connectivity index (χ2n) is 3.66. The van der Waals surface area contributed by atoms with Crippen LogP contribution in [0.4, 0.5) is 5.69 Å². The second kappa shape index (κ2) is 5.98. The van der Waals surface area contributed by atoms with Crippen molar-refractivity contribution in [2.24, 2.45) is 0 Å². The fourth-order valence-electron chi connectivity index (χ4n) is 1.44. The van der Waals surface area contributed by atoms with E-state index in [0.717, 1.165) is 27.6 Å². The van der Waals surface area contributed by atoms with Crippen LogP contribution in [0.2, 0.25) is 5.02 Å². The van der Waals surface area contributed by atoms with Crippen LogP contribution in [0.5, 0.6) is 5.75 Å². The summed E-state index contributed by atoms with van der Waals surface area (Å²) in [4.78, 5) is 4.95. The van der Waals surface area contributed by atoms with E-state index < -0.39 is 0 Å². The zero-order valence-corrected chi connectivity index (χ0v) is 11.5. The molecule has 1 aromatic carbocycles. The molecule has 0 atom stereocenters. The van der Waals surface area contributed by atoms with Crippen molar-refractivity contribution in [1.29, 1.82) is 0 Å². The van der Waals surface area contributed by atoms with Crippen molar-refractivity contribution < 1.29 is 4.74 Å². The molecule has 1 heterocycles. The van der Waals surface area contributed by atoms with Crippen LogP contribution in [0, 0.1) is 0 Å². The van der Waals surface area contributed by atoms with Gasteiger partial charge in [0.05, 0.1) is 12.1 Å². The van der Waals surface area contributed by atoms with Gasteiger partial charge in [0.15, 0.2) is 0 Å². The largest absolute Gasteiger partial charge is 0.497 e. The van der Waals surface area contributed by atoms with Gasteiger partial charge in [-0.15, -0.1) is 11.8 Å². The highest BCUT2D eigenvalue weighted by molar-refractivity contribution is 7.98. The Bertz CT molecular complexity index is 548. The van der Waals surface area contributed by atoms with Gasteiger partial charge < -0.3 is 10.5 Å². The van der Waals surface area contributed by atoms with Crippen molar-refractivity contribution in [3.63, 3.8) is 0 Å². The van der Waals surface area contributed by atoms with Gasteiger partial charge in [-0.05, 0) is 29.8 Å². The summed E-state index contributed by atoms with van der Waals surface area (Å²) in [5, 5.41) is 0.673.